The van der Waals surface area contributed by atoms with Gasteiger partial charge in [0.05, 0.1) is 12.2 Å². The Morgan fingerprint density at radius 3 is 2.79 bits per heavy atom. The standard InChI is InChI=1S/C17H17N5O2/c1-3-24-15-10-5-4-9-14(15)17(23)18-13-8-6-7-12(11-13)16-19-20-21-22(16)2/h4-11H,3H2,1-2H3,(H,18,23). The van der Waals surface area contributed by atoms with E-state index in [1.165, 1.54) is 0 Å². The van der Waals surface area contributed by atoms with Crippen LogP contribution in [0.5, 0.6) is 5.75 Å². The number of benzene rings is 2. The largest absolute Gasteiger partial charge is 0.493 e. The number of aromatic nitrogens is 4. The number of tetrazole rings is 1. The smallest absolute Gasteiger partial charge is 0.259 e. The highest BCUT2D eigenvalue weighted by atomic mass is 16.5. The Balaban J connectivity index is 1.84. The molecule has 3 aromatic rings. The fourth-order valence-electron chi connectivity index (χ4n) is 2.34. The average Bonchev–Trinajstić information content (AvgIpc) is 3.02. The Hall–Kier alpha value is -3.22. The van der Waals surface area contributed by atoms with Gasteiger partial charge in [-0.15, -0.1) is 5.10 Å². The summed E-state index contributed by atoms with van der Waals surface area (Å²) >= 11 is 0. The van der Waals surface area contributed by atoms with E-state index in [0.717, 1.165) is 5.56 Å². The first-order valence-corrected chi connectivity index (χ1v) is 7.55. The van der Waals surface area contributed by atoms with E-state index < -0.39 is 0 Å². The SMILES string of the molecule is CCOc1ccccc1C(=O)Nc1cccc(-c2nnnn2C)c1. The number of nitrogens with zero attached hydrogens (tertiary/aromatic N) is 4. The molecule has 24 heavy (non-hydrogen) atoms. The first-order chi connectivity index (χ1) is 11.7. The minimum atomic E-state index is -0.229. The van der Waals surface area contributed by atoms with Crippen molar-refractivity contribution in [3.05, 3.63) is 54.1 Å². The fraction of sp³-hybridized carbons (Fsp3) is 0.176. The third-order valence-electron chi connectivity index (χ3n) is 3.43. The zero-order valence-corrected chi connectivity index (χ0v) is 13.4. The van der Waals surface area contributed by atoms with Crippen molar-refractivity contribution < 1.29 is 9.53 Å². The van der Waals surface area contributed by atoms with E-state index in [1.54, 1.807) is 29.9 Å². The first kappa shape index (κ1) is 15.7. The third-order valence-corrected chi connectivity index (χ3v) is 3.43. The molecule has 0 aliphatic heterocycles. The van der Waals surface area contributed by atoms with Gasteiger partial charge in [0.1, 0.15) is 5.75 Å². The van der Waals surface area contributed by atoms with Crippen LogP contribution in [0, 0.1) is 0 Å². The van der Waals surface area contributed by atoms with Crippen LogP contribution in [-0.2, 0) is 7.05 Å². The Morgan fingerprint density at radius 1 is 1.21 bits per heavy atom. The molecule has 0 spiro atoms. The third kappa shape index (κ3) is 3.24. The van der Waals surface area contributed by atoms with E-state index >= 15 is 0 Å². The van der Waals surface area contributed by atoms with Gasteiger partial charge in [0.15, 0.2) is 5.82 Å². The molecular formula is C17H17N5O2. The van der Waals surface area contributed by atoms with Crippen LogP contribution in [0.25, 0.3) is 11.4 Å². The van der Waals surface area contributed by atoms with E-state index in [-0.39, 0.29) is 5.91 Å². The Bertz CT molecular complexity index is 859. The fourth-order valence-corrected chi connectivity index (χ4v) is 2.34. The Kier molecular flexibility index (Phi) is 4.51. The molecular weight excluding hydrogens is 306 g/mol. The molecule has 7 heteroatoms. The summed E-state index contributed by atoms with van der Waals surface area (Å²) in [5, 5.41) is 14.3. The number of anilines is 1. The zero-order valence-electron chi connectivity index (χ0n) is 13.4. The van der Waals surface area contributed by atoms with E-state index in [4.69, 9.17) is 4.74 Å². The van der Waals surface area contributed by atoms with Crippen LogP contribution < -0.4 is 10.1 Å². The quantitative estimate of drug-likeness (QED) is 0.780. The van der Waals surface area contributed by atoms with Gasteiger partial charge in [0, 0.05) is 18.3 Å². The van der Waals surface area contributed by atoms with Gasteiger partial charge in [-0.25, -0.2) is 4.68 Å². The van der Waals surface area contributed by atoms with Crippen molar-refractivity contribution in [3.8, 4) is 17.1 Å². The van der Waals surface area contributed by atoms with Crippen LogP contribution in [0.2, 0.25) is 0 Å². The Labute approximate surface area is 139 Å². The van der Waals surface area contributed by atoms with Gasteiger partial charge < -0.3 is 10.1 Å². The summed E-state index contributed by atoms with van der Waals surface area (Å²) in [6.07, 6.45) is 0. The predicted octanol–water partition coefficient (Wildman–Crippen LogP) is 2.53. The number of amides is 1. The second-order valence-corrected chi connectivity index (χ2v) is 5.09. The van der Waals surface area contributed by atoms with Crippen LogP contribution in [-0.4, -0.2) is 32.7 Å². The van der Waals surface area contributed by atoms with Crippen LogP contribution in [0.15, 0.2) is 48.5 Å². The molecule has 0 saturated carbocycles. The average molecular weight is 323 g/mol. The summed E-state index contributed by atoms with van der Waals surface area (Å²) in [7, 11) is 1.76. The molecule has 0 unspecified atom stereocenters. The highest BCUT2D eigenvalue weighted by Gasteiger charge is 2.13. The number of aryl methyl sites for hydroxylation is 1. The molecule has 0 saturated heterocycles. The molecule has 1 aromatic heterocycles. The van der Waals surface area contributed by atoms with Crippen molar-refractivity contribution in [3.63, 3.8) is 0 Å². The van der Waals surface area contributed by atoms with Gasteiger partial charge in [-0.3, -0.25) is 4.79 Å². The second kappa shape index (κ2) is 6.91. The molecule has 7 nitrogen and oxygen atoms in total. The summed E-state index contributed by atoms with van der Waals surface area (Å²) in [4.78, 5) is 12.5. The van der Waals surface area contributed by atoms with Crippen LogP contribution in [0.1, 0.15) is 17.3 Å². The van der Waals surface area contributed by atoms with Crippen molar-refractivity contribution in [2.75, 3.05) is 11.9 Å². The van der Waals surface area contributed by atoms with Crippen molar-refractivity contribution >= 4 is 11.6 Å². The summed E-state index contributed by atoms with van der Waals surface area (Å²) in [5.41, 5.74) is 1.97. The number of carbonyl (C=O) groups excluding carboxylic acids is 1. The van der Waals surface area contributed by atoms with Gasteiger partial charge in [-0.2, -0.15) is 0 Å². The van der Waals surface area contributed by atoms with Crippen molar-refractivity contribution in [2.45, 2.75) is 6.92 Å². The maximum atomic E-state index is 12.5. The topological polar surface area (TPSA) is 81.9 Å². The lowest BCUT2D eigenvalue weighted by Crippen LogP contribution is -2.13. The normalized spacial score (nSPS) is 10.4. The number of ether oxygens (including phenoxy) is 1. The molecule has 1 N–H and O–H groups in total. The van der Waals surface area contributed by atoms with Gasteiger partial charge in [-0.1, -0.05) is 24.3 Å². The minimum Gasteiger partial charge on any atom is -0.493 e. The minimum absolute atomic E-state index is 0.229. The van der Waals surface area contributed by atoms with Crippen LogP contribution in [0.4, 0.5) is 5.69 Å². The first-order valence-electron chi connectivity index (χ1n) is 7.55. The van der Waals surface area contributed by atoms with E-state index in [9.17, 15) is 4.79 Å². The van der Waals surface area contributed by atoms with E-state index in [0.29, 0.717) is 29.4 Å². The monoisotopic (exact) mass is 323 g/mol. The number of carbonyl (C=O) groups is 1. The molecule has 3 rings (SSSR count). The molecule has 1 heterocycles. The van der Waals surface area contributed by atoms with Crippen molar-refractivity contribution in [2.24, 2.45) is 7.05 Å². The van der Waals surface area contributed by atoms with Gasteiger partial charge in [0.25, 0.3) is 5.91 Å². The number of nitrogens with one attached hydrogen (secondary N) is 1. The number of para-hydroxylation sites is 1. The highest BCUT2D eigenvalue weighted by Crippen LogP contribution is 2.22. The summed E-state index contributed by atoms with van der Waals surface area (Å²) in [6, 6.07) is 14.5. The Morgan fingerprint density at radius 2 is 2.04 bits per heavy atom. The lowest BCUT2D eigenvalue weighted by molar-refractivity contribution is 0.102. The van der Waals surface area contributed by atoms with E-state index in [2.05, 4.69) is 20.8 Å². The molecule has 0 bridgehead atoms. The molecule has 0 aliphatic rings. The van der Waals surface area contributed by atoms with E-state index in [1.807, 2.05) is 37.3 Å². The predicted molar refractivity (Wildman–Crippen MR) is 89.8 cm³/mol. The molecule has 0 fully saturated rings. The molecule has 122 valence electrons. The molecule has 2 aromatic carbocycles. The number of rotatable bonds is 5. The van der Waals surface area contributed by atoms with Crippen LogP contribution in [0.3, 0.4) is 0 Å². The molecule has 1 amide bonds. The molecule has 0 aliphatic carbocycles. The van der Waals surface area contributed by atoms with Gasteiger partial charge in [-0.05, 0) is 41.6 Å². The van der Waals surface area contributed by atoms with Crippen LogP contribution >= 0.6 is 0 Å². The van der Waals surface area contributed by atoms with Crippen molar-refractivity contribution in [1.29, 1.82) is 0 Å². The van der Waals surface area contributed by atoms with Gasteiger partial charge in [0.2, 0.25) is 0 Å². The highest BCUT2D eigenvalue weighted by molar-refractivity contribution is 6.06. The maximum Gasteiger partial charge on any atom is 0.259 e. The summed E-state index contributed by atoms with van der Waals surface area (Å²) < 4.78 is 7.08. The summed E-state index contributed by atoms with van der Waals surface area (Å²) in [6.45, 7) is 2.38. The second-order valence-electron chi connectivity index (χ2n) is 5.09. The van der Waals surface area contributed by atoms with Crippen molar-refractivity contribution in [1.82, 2.24) is 20.2 Å². The summed E-state index contributed by atoms with van der Waals surface area (Å²) in [5.74, 6) is 0.958. The molecule has 0 radical (unpaired) electrons. The van der Waals surface area contributed by atoms with Gasteiger partial charge >= 0.3 is 0 Å². The number of hydrogen-bond acceptors (Lipinski definition) is 5. The lowest BCUT2D eigenvalue weighted by Gasteiger charge is -2.11. The maximum absolute atomic E-state index is 12.5. The zero-order chi connectivity index (χ0) is 16.9. The lowest BCUT2D eigenvalue weighted by atomic mass is 10.1. The molecule has 0 atom stereocenters. The number of hydrogen-bond donors (Lipinski definition) is 1.